The van der Waals surface area contributed by atoms with Gasteiger partial charge < -0.3 is 14.6 Å². The number of ether oxygens (including phenoxy) is 1. The normalized spacial score (nSPS) is 11.8. The number of carbonyl (C=O) groups excluding carboxylic acids is 3. The van der Waals surface area contributed by atoms with E-state index < -0.39 is 23.7 Å². The van der Waals surface area contributed by atoms with Crippen molar-refractivity contribution >= 4 is 17.7 Å². The third-order valence-corrected chi connectivity index (χ3v) is 4.54. The molecule has 1 N–H and O–H groups in total. The van der Waals surface area contributed by atoms with Crippen LogP contribution >= 0.6 is 0 Å². The Morgan fingerprint density at radius 1 is 1.19 bits per heavy atom. The average molecular weight is 374 g/mol. The van der Waals surface area contributed by atoms with Crippen LogP contribution in [0.1, 0.15) is 56.3 Å². The molecule has 0 fully saturated rings. The molecule has 0 aliphatic carbocycles. The number of aromatic nitrogens is 1. The zero-order valence-electron chi connectivity index (χ0n) is 16.1. The van der Waals surface area contributed by atoms with Crippen molar-refractivity contribution in [2.24, 2.45) is 0 Å². The topological polar surface area (TPSA) is 79.5 Å². The maximum Gasteiger partial charge on any atom is 0.355 e. The number of Topliss-reactive ketones (excluding diaryl/α,β-unsaturated/α-hetero) is 1. The molecule has 0 aliphatic heterocycles. The number of nitrogens with one attached hydrogen (secondary N) is 1. The molecule has 1 atom stereocenters. The van der Waals surface area contributed by atoms with Crippen molar-refractivity contribution in [3.63, 3.8) is 0 Å². The number of aryl methyl sites for hydroxylation is 1. The Morgan fingerprint density at radius 3 is 2.33 bits per heavy atom. The number of amides is 1. The molecule has 27 heavy (non-hydrogen) atoms. The Labute approximate surface area is 157 Å². The van der Waals surface area contributed by atoms with E-state index in [0.29, 0.717) is 16.8 Å². The molecular formula is C20H23FN2O4. The summed E-state index contributed by atoms with van der Waals surface area (Å²) in [5.74, 6) is -1.66. The first-order chi connectivity index (χ1) is 12.7. The molecule has 0 spiro atoms. The lowest BCUT2D eigenvalue weighted by atomic mass is 9.99. The molecule has 6 nitrogen and oxygen atoms in total. The maximum atomic E-state index is 13.1. The van der Waals surface area contributed by atoms with Gasteiger partial charge in [-0.25, -0.2) is 9.18 Å². The highest BCUT2D eigenvalue weighted by molar-refractivity contribution is 6.07. The summed E-state index contributed by atoms with van der Waals surface area (Å²) in [4.78, 5) is 41.8. The SMILES string of the molecule is CCOC(=O)c1[nH]c(C)c(C(=O)C(C)N(C)C(=O)c2ccc(F)cc2)c1C. The summed E-state index contributed by atoms with van der Waals surface area (Å²) >= 11 is 0. The van der Waals surface area contributed by atoms with Gasteiger partial charge in [0.1, 0.15) is 11.5 Å². The van der Waals surface area contributed by atoms with E-state index in [0.717, 1.165) is 0 Å². The maximum absolute atomic E-state index is 13.1. The van der Waals surface area contributed by atoms with Crippen LogP contribution in [0.5, 0.6) is 0 Å². The van der Waals surface area contributed by atoms with E-state index in [9.17, 15) is 18.8 Å². The summed E-state index contributed by atoms with van der Waals surface area (Å²) in [5.41, 5.74) is 1.91. The highest BCUT2D eigenvalue weighted by Crippen LogP contribution is 2.22. The van der Waals surface area contributed by atoms with Crippen molar-refractivity contribution in [1.82, 2.24) is 9.88 Å². The Bertz CT molecular complexity index is 871. The van der Waals surface area contributed by atoms with E-state index >= 15 is 0 Å². The molecule has 2 rings (SSSR count). The van der Waals surface area contributed by atoms with Gasteiger partial charge in [-0.15, -0.1) is 0 Å². The molecule has 1 heterocycles. The lowest BCUT2D eigenvalue weighted by molar-refractivity contribution is 0.0519. The predicted molar refractivity (Wildman–Crippen MR) is 98.5 cm³/mol. The first-order valence-electron chi connectivity index (χ1n) is 8.62. The molecule has 0 saturated carbocycles. The van der Waals surface area contributed by atoms with Crippen LogP contribution in [-0.2, 0) is 4.74 Å². The largest absolute Gasteiger partial charge is 0.461 e. The number of carbonyl (C=O) groups is 3. The molecule has 0 saturated heterocycles. The Balaban J connectivity index is 2.27. The minimum atomic E-state index is -0.772. The van der Waals surface area contributed by atoms with Crippen molar-refractivity contribution in [2.75, 3.05) is 13.7 Å². The fourth-order valence-electron chi connectivity index (χ4n) is 2.88. The monoisotopic (exact) mass is 374 g/mol. The molecule has 7 heteroatoms. The van der Waals surface area contributed by atoms with Crippen LogP contribution in [0, 0.1) is 19.7 Å². The number of H-pyrrole nitrogens is 1. The molecule has 144 valence electrons. The molecule has 1 aromatic carbocycles. The van der Waals surface area contributed by atoms with Crippen LogP contribution in [0.3, 0.4) is 0 Å². The Hall–Kier alpha value is -2.96. The van der Waals surface area contributed by atoms with Crippen LogP contribution in [0.25, 0.3) is 0 Å². The standard InChI is InChI=1S/C20H23FN2O4/c1-6-27-20(26)17-11(2)16(12(3)22-17)18(24)13(4)23(5)19(25)14-7-9-15(21)10-8-14/h7-10,13,22H,6H2,1-5H3. The van der Waals surface area contributed by atoms with Crippen molar-refractivity contribution < 1.29 is 23.5 Å². The van der Waals surface area contributed by atoms with Gasteiger partial charge in [0, 0.05) is 23.9 Å². The zero-order chi connectivity index (χ0) is 20.3. The number of nitrogens with zero attached hydrogens (tertiary/aromatic N) is 1. The summed E-state index contributed by atoms with van der Waals surface area (Å²) in [7, 11) is 1.51. The van der Waals surface area contributed by atoms with Gasteiger partial charge in [-0.2, -0.15) is 0 Å². The van der Waals surface area contributed by atoms with Gasteiger partial charge in [0.2, 0.25) is 0 Å². The van der Waals surface area contributed by atoms with Crippen molar-refractivity contribution in [1.29, 1.82) is 0 Å². The number of hydrogen-bond acceptors (Lipinski definition) is 4. The molecule has 0 radical (unpaired) electrons. The first-order valence-corrected chi connectivity index (χ1v) is 8.62. The molecule has 2 aromatic rings. The van der Waals surface area contributed by atoms with Gasteiger partial charge in [0.25, 0.3) is 5.91 Å². The molecule has 1 unspecified atom stereocenters. The van der Waals surface area contributed by atoms with Gasteiger partial charge in [-0.05, 0) is 57.5 Å². The quantitative estimate of drug-likeness (QED) is 0.622. The van der Waals surface area contributed by atoms with Gasteiger partial charge in [0.15, 0.2) is 5.78 Å². The zero-order valence-corrected chi connectivity index (χ0v) is 16.1. The molecule has 1 aromatic heterocycles. The molecule has 0 aliphatic rings. The van der Waals surface area contributed by atoms with E-state index in [1.54, 1.807) is 27.7 Å². The highest BCUT2D eigenvalue weighted by atomic mass is 19.1. The van der Waals surface area contributed by atoms with Crippen LogP contribution in [0.4, 0.5) is 4.39 Å². The Morgan fingerprint density at radius 2 is 1.78 bits per heavy atom. The third-order valence-electron chi connectivity index (χ3n) is 4.54. The summed E-state index contributed by atoms with van der Waals surface area (Å²) in [5, 5.41) is 0. The average Bonchev–Trinajstić information content (AvgIpc) is 2.94. The number of rotatable bonds is 6. The van der Waals surface area contributed by atoms with Gasteiger partial charge in [-0.1, -0.05) is 0 Å². The third kappa shape index (κ3) is 4.07. The number of esters is 1. The fraction of sp³-hybridized carbons (Fsp3) is 0.350. The van der Waals surface area contributed by atoms with Crippen LogP contribution in [0.2, 0.25) is 0 Å². The second kappa shape index (κ2) is 8.16. The summed E-state index contributed by atoms with van der Waals surface area (Å²) in [6.45, 7) is 6.90. The number of halogens is 1. The first kappa shape index (κ1) is 20.4. The minimum Gasteiger partial charge on any atom is -0.461 e. The van der Waals surface area contributed by atoms with E-state index in [1.165, 1.54) is 36.2 Å². The predicted octanol–water partition coefficient (Wildman–Crippen LogP) is 3.29. The molecule has 0 bridgehead atoms. The number of likely N-dealkylation sites (N-methyl/N-ethyl adjacent to an activating group) is 1. The van der Waals surface area contributed by atoms with E-state index in [2.05, 4.69) is 4.98 Å². The van der Waals surface area contributed by atoms with Crippen LogP contribution in [0.15, 0.2) is 24.3 Å². The summed E-state index contributed by atoms with van der Waals surface area (Å²) < 4.78 is 18.0. The highest BCUT2D eigenvalue weighted by Gasteiger charge is 2.29. The van der Waals surface area contributed by atoms with E-state index in [1.807, 2.05) is 0 Å². The lowest BCUT2D eigenvalue weighted by Gasteiger charge is -2.24. The number of benzene rings is 1. The number of aromatic amines is 1. The number of ketones is 1. The molecular weight excluding hydrogens is 351 g/mol. The van der Waals surface area contributed by atoms with Crippen molar-refractivity contribution in [2.45, 2.75) is 33.7 Å². The molecule has 1 amide bonds. The van der Waals surface area contributed by atoms with Gasteiger partial charge in [-0.3, -0.25) is 9.59 Å². The number of hydrogen-bond donors (Lipinski definition) is 1. The van der Waals surface area contributed by atoms with E-state index in [4.69, 9.17) is 4.74 Å². The Kier molecular flexibility index (Phi) is 6.15. The smallest absolute Gasteiger partial charge is 0.355 e. The van der Waals surface area contributed by atoms with Crippen molar-refractivity contribution in [3.05, 3.63) is 58.2 Å². The summed E-state index contributed by atoms with van der Waals surface area (Å²) in [6, 6.07) is 4.36. The van der Waals surface area contributed by atoms with Gasteiger partial charge >= 0.3 is 5.97 Å². The van der Waals surface area contributed by atoms with Crippen LogP contribution in [-0.4, -0.2) is 47.2 Å². The minimum absolute atomic E-state index is 0.227. The second-order valence-electron chi connectivity index (χ2n) is 6.31. The summed E-state index contributed by atoms with van der Waals surface area (Å²) in [6.07, 6.45) is 0. The van der Waals surface area contributed by atoms with Crippen LogP contribution < -0.4 is 0 Å². The second-order valence-corrected chi connectivity index (χ2v) is 6.31. The van der Waals surface area contributed by atoms with Gasteiger partial charge in [0.05, 0.1) is 12.6 Å². The van der Waals surface area contributed by atoms with Crippen molar-refractivity contribution in [3.8, 4) is 0 Å². The lowest BCUT2D eigenvalue weighted by Crippen LogP contribution is -2.40. The fourth-order valence-corrected chi connectivity index (χ4v) is 2.88. The van der Waals surface area contributed by atoms with E-state index in [-0.39, 0.29) is 23.6 Å².